The zero-order valence-corrected chi connectivity index (χ0v) is 11.5. The molecule has 84 valence electrons. The third-order valence-electron chi connectivity index (χ3n) is 2.31. The van der Waals surface area contributed by atoms with Gasteiger partial charge in [-0.2, -0.15) is 0 Å². The van der Waals surface area contributed by atoms with Crippen LogP contribution in [0.2, 0.25) is 5.02 Å². The van der Waals surface area contributed by atoms with Gasteiger partial charge in [-0.1, -0.05) is 38.4 Å². The summed E-state index contributed by atoms with van der Waals surface area (Å²) in [5, 5.41) is 0.712. The average Bonchev–Trinajstić information content (AvgIpc) is 2.10. The van der Waals surface area contributed by atoms with Crippen molar-refractivity contribution < 1.29 is 0 Å². The van der Waals surface area contributed by atoms with Gasteiger partial charge in [-0.15, -0.1) is 0 Å². The molecule has 0 aliphatic rings. The Balaban J connectivity index is 3.08. The minimum Gasteiger partial charge on any atom is -0.271 e. The number of benzene rings is 1. The molecule has 15 heavy (non-hydrogen) atoms. The Morgan fingerprint density at radius 1 is 1.40 bits per heavy atom. The second kappa shape index (κ2) is 4.83. The molecule has 0 amide bonds. The highest BCUT2D eigenvalue weighted by molar-refractivity contribution is 9.10. The van der Waals surface area contributed by atoms with Crippen LogP contribution < -0.4 is 11.3 Å². The van der Waals surface area contributed by atoms with Crippen molar-refractivity contribution in [2.75, 3.05) is 0 Å². The summed E-state index contributed by atoms with van der Waals surface area (Å²) in [4.78, 5) is 0. The predicted octanol–water partition coefficient (Wildman–Crippen LogP) is 3.65. The van der Waals surface area contributed by atoms with Gasteiger partial charge in [-0.3, -0.25) is 11.3 Å². The van der Waals surface area contributed by atoms with Crippen LogP contribution in [0, 0.1) is 5.41 Å². The quantitative estimate of drug-likeness (QED) is 0.645. The van der Waals surface area contributed by atoms with E-state index < -0.39 is 0 Å². The van der Waals surface area contributed by atoms with Crippen LogP contribution in [0.3, 0.4) is 0 Å². The minimum atomic E-state index is 0.0576. The molecule has 0 saturated heterocycles. The van der Waals surface area contributed by atoms with E-state index in [1.54, 1.807) is 0 Å². The van der Waals surface area contributed by atoms with Gasteiger partial charge in [0.2, 0.25) is 0 Å². The lowest BCUT2D eigenvalue weighted by atomic mass is 9.83. The fourth-order valence-electron chi connectivity index (χ4n) is 1.54. The van der Waals surface area contributed by atoms with Crippen LogP contribution in [0.4, 0.5) is 0 Å². The number of nitrogens with two attached hydrogens (primary N) is 1. The van der Waals surface area contributed by atoms with Gasteiger partial charge in [-0.25, -0.2) is 0 Å². The van der Waals surface area contributed by atoms with Crippen molar-refractivity contribution in [3.05, 3.63) is 33.3 Å². The number of hydrogen-bond donors (Lipinski definition) is 2. The van der Waals surface area contributed by atoms with Gasteiger partial charge >= 0.3 is 0 Å². The van der Waals surface area contributed by atoms with Crippen molar-refractivity contribution in [1.82, 2.24) is 5.43 Å². The van der Waals surface area contributed by atoms with Crippen LogP contribution in [-0.2, 0) is 0 Å². The lowest BCUT2D eigenvalue weighted by Crippen LogP contribution is -2.36. The highest BCUT2D eigenvalue weighted by Crippen LogP contribution is 2.34. The molecule has 1 aromatic rings. The highest BCUT2D eigenvalue weighted by atomic mass is 79.9. The van der Waals surface area contributed by atoms with Gasteiger partial charge < -0.3 is 0 Å². The van der Waals surface area contributed by atoms with Crippen molar-refractivity contribution in [3.63, 3.8) is 0 Å². The van der Waals surface area contributed by atoms with Crippen molar-refractivity contribution in [3.8, 4) is 0 Å². The van der Waals surface area contributed by atoms with Crippen LogP contribution in [-0.4, -0.2) is 0 Å². The summed E-state index contributed by atoms with van der Waals surface area (Å²) >= 11 is 9.35. The minimum absolute atomic E-state index is 0.0576. The molecule has 3 N–H and O–H groups in total. The fraction of sp³-hybridized carbons (Fsp3) is 0.455. The topological polar surface area (TPSA) is 38.0 Å². The van der Waals surface area contributed by atoms with Gasteiger partial charge in [-0.05, 0) is 39.0 Å². The van der Waals surface area contributed by atoms with Crippen LogP contribution in [0.25, 0.3) is 0 Å². The van der Waals surface area contributed by atoms with Crippen molar-refractivity contribution >= 4 is 27.5 Å². The summed E-state index contributed by atoms with van der Waals surface area (Å²) in [7, 11) is 0. The molecule has 1 aromatic carbocycles. The molecule has 0 aliphatic carbocycles. The van der Waals surface area contributed by atoms with Gasteiger partial charge in [0.25, 0.3) is 0 Å². The molecule has 2 nitrogen and oxygen atoms in total. The maximum absolute atomic E-state index is 5.94. The molecule has 0 spiro atoms. The first kappa shape index (κ1) is 13.0. The van der Waals surface area contributed by atoms with Crippen molar-refractivity contribution in [1.29, 1.82) is 0 Å². The zero-order valence-electron chi connectivity index (χ0n) is 9.14. The van der Waals surface area contributed by atoms with Gasteiger partial charge in [0.15, 0.2) is 0 Å². The van der Waals surface area contributed by atoms with Gasteiger partial charge in [0, 0.05) is 4.47 Å². The van der Waals surface area contributed by atoms with E-state index in [1.165, 1.54) is 0 Å². The fourth-order valence-corrected chi connectivity index (χ4v) is 2.05. The molecule has 0 bridgehead atoms. The molecule has 1 rings (SSSR count). The molecular weight excluding hydrogens is 275 g/mol. The SMILES string of the molecule is CC(C)(C)C(NN)c1ccc(Cl)c(Br)c1. The summed E-state index contributed by atoms with van der Waals surface area (Å²) in [5.41, 5.74) is 4.02. The molecule has 0 fully saturated rings. The van der Waals surface area contributed by atoms with E-state index in [0.717, 1.165) is 10.0 Å². The molecule has 1 unspecified atom stereocenters. The molecule has 1 atom stereocenters. The third-order valence-corrected chi connectivity index (χ3v) is 3.52. The summed E-state index contributed by atoms with van der Waals surface area (Å²) in [5.74, 6) is 5.58. The smallest absolute Gasteiger partial charge is 0.0548 e. The van der Waals surface area contributed by atoms with Crippen LogP contribution in [0.5, 0.6) is 0 Å². The average molecular weight is 292 g/mol. The van der Waals surface area contributed by atoms with Crippen LogP contribution in [0.1, 0.15) is 32.4 Å². The standard InChI is InChI=1S/C11H16BrClN2/c1-11(2,3)10(15-14)7-4-5-9(13)8(12)6-7/h4-6,10,15H,14H2,1-3H3. The Kier molecular flexibility index (Phi) is 4.18. The van der Waals surface area contributed by atoms with E-state index in [-0.39, 0.29) is 11.5 Å². The Hall–Kier alpha value is -0.0900. The molecule has 4 heteroatoms. The maximum atomic E-state index is 5.94. The summed E-state index contributed by atoms with van der Waals surface area (Å²) in [6.07, 6.45) is 0. The van der Waals surface area contributed by atoms with Crippen molar-refractivity contribution in [2.45, 2.75) is 26.8 Å². The normalized spacial score (nSPS) is 14.0. The second-order valence-electron chi connectivity index (χ2n) is 4.64. The number of rotatable bonds is 2. The zero-order chi connectivity index (χ0) is 11.6. The first-order chi connectivity index (χ1) is 6.86. The van der Waals surface area contributed by atoms with E-state index in [2.05, 4.69) is 42.1 Å². The first-order valence-corrected chi connectivity index (χ1v) is 5.94. The number of halogens is 2. The summed E-state index contributed by atoms with van der Waals surface area (Å²) < 4.78 is 0.895. The molecule has 0 radical (unpaired) electrons. The van der Waals surface area contributed by atoms with Gasteiger partial charge in [0.05, 0.1) is 11.1 Å². The largest absolute Gasteiger partial charge is 0.271 e. The molecule has 0 heterocycles. The molecule has 0 saturated carbocycles. The summed E-state index contributed by atoms with van der Waals surface area (Å²) in [6.45, 7) is 6.42. The maximum Gasteiger partial charge on any atom is 0.0548 e. The van der Waals surface area contributed by atoms with E-state index in [0.29, 0.717) is 5.02 Å². The molecule has 0 aromatic heterocycles. The Labute approximate surface area is 104 Å². The predicted molar refractivity (Wildman–Crippen MR) is 68.7 cm³/mol. The Bertz CT molecular complexity index is 347. The van der Waals surface area contributed by atoms with E-state index in [4.69, 9.17) is 17.4 Å². The van der Waals surface area contributed by atoms with E-state index >= 15 is 0 Å². The number of hydrazine groups is 1. The second-order valence-corrected chi connectivity index (χ2v) is 5.90. The number of nitrogens with one attached hydrogen (secondary N) is 1. The highest BCUT2D eigenvalue weighted by Gasteiger charge is 2.25. The van der Waals surface area contributed by atoms with E-state index in [9.17, 15) is 0 Å². The number of hydrogen-bond acceptors (Lipinski definition) is 2. The van der Waals surface area contributed by atoms with E-state index in [1.807, 2.05) is 18.2 Å². The van der Waals surface area contributed by atoms with Crippen LogP contribution >= 0.6 is 27.5 Å². The lowest BCUT2D eigenvalue weighted by Gasteiger charge is -2.30. The summed E-state index contributed by atoms with van der Waals surface area (Å²) in [6, 6.07) is 5.96. The lowest BCUT2D eigenvalue weighted by molar-refractivity contribution is 0.275. The first-order valence-electron chi connectivity index (χ1n) is 4.77. The Morgan fingerprint density at radius 2 is 2.00 bits per heavy atom. The van der Waals surface area contributed by atoms with Crippen LogP contribution in [0.15, 0.2) is 22.7 Å². The van der Waals surface area contributed by atoms with Gasteiger partial charge in [0.1, 0.15) is 0 Å². The molecular formula is C11H16BrClN2. The monoisotopic (exact) mass is 290 g/mol. The molecule has 0 aliphatic heterocycles. The van der Waals surface area contributed by atoms with Crippen molar-refractivity contribution in [2.24, 2.45) is 11.3 Å². The Morgan fingerprint density at radius 3 is 2.40 bits per heavy atom. The third kappa shape index (κ3) is 3.18.